The number of amides is 3. The molecule has 0 aliphatic carbocycles. The van der Waals surface area contributed by atoms with Crippen molar-refractivity contribution >= 4 is 28.7 Å². The van der Waals surface area contributed by atoms with Crippen LogP contribution in [0.1, 0.15) is 44.7 Å². The van der Waals surface area contributed by atoms with Crippen molar-refractivity contribution in [2.45, 2.75) is 64.3 Å². The third kappa shape index (κ3) is 6.91. The largest absolute Gasteiger partial charge is 0.444 e. The van der Waals surface area contributed by atoms with Gasteiger partial charge in [0.25, 0.3) is 0 Å². The average molecular weight is 516 g/mol. The molecule has 1 fully saturated rings. The molecule has 1 saturated heterocycles. The van der Waals surface area contributed by atoms with Gasteiger partial charge in [0.15, 0.2) is 0 Å². The lowest BCUT2D eigenvalue weighted by molar-refractivity contribution is -0.136. The molecule has 1 N–H and O–H groups in total. The van der Waals surface area contributed by atoms with E-state index in [0.29, 0.717) is 32.4 Å². The molecule has 200 valence electrons. The number of hydrogen-bond donors (Lipinski definition) is 1. The first-order valence-corrected chi connectivity index (χ1v) is 13.2. The van der Waals surface area contributed by atoms with Crippen LogP contribution in [0.15, 0.2) is 72.8 Å². The van der Waals surface area contributed by atoms with E-state index in [0.717, 1.165) is 21.9 Å². The maximum Gasteiger partial charge on any atom is 0.410 e. The number of likely N-dealkylation sites (N-methyl/N-ethyl adjacent to an activating group) is 1. The molecular formula is C31H37N3O4. The average Bonchev–Trinajstić information content (AvgIpc) is 3.38. The number of carbonyl (C=O) groups excluding carboxylic acids is 3. The molecule has 1 aliphatic heterocycles. The summed E-state index contributed by atoms with van der Waals surface area (Å²) in [6.45, 7) is 6.28. The standard InChI is InChI=1S/C31H37N3O4/c1-31(2,3)38-30(37)34-18-10-15-27(34)28(35)32-26(29(36)33(4)21-22-11-6-5-7-12-22)20-23-16-17-24-13-8-9-14-25(24)19-23/h5-9,11-14,16-17,19,26-27H,10,15,18,20-21H2,1-4H3,(H,32,35)/t26-,27+/m0/s1. The third-order valence-corrected chi connectivity index (χ3v) is 6.69. The second kappa shape index (κ2) is 11.7. The van der Waals surface area contributed by atoms with E-state index in [1.807, 2.05) is 66.7 Å². The Morgan fingerprint density at radius 2 is 1.66 bits per heavy atom. The first kappa shape index (κ1) is 27.2. The van der Waals surface area contributed by atoms with E-state index in [9.17, 15) is 14.4 Å². The van der Waals surface area contributed by atoms with Crippen molar-refractivity contribution in [1.29, 1.82) is 0 Å². The van der Waals surface area contributed by atoms with E-state index in [1.165, 1.54) is 4.90 Å². The zero-order chi connectivity index (χ0) is 27.3. The van der Waals surface area contributed by atoms with Gasteiger partial charge in [-0.05, 0) is 55.5 Å². The van der Waals surface area contributed by atoms with Crippen molar-refractivity contribution in [3.8, 4) is 0 Å². The Bertz CT molecular complexity index is 1290. The summed E-state index contributed by atoms with van der Waals surface area (Å²) >= 11 is 0. The number of hydrogen-bond acceptors (Lipinski definition) is 4. The summed E-state index contributed by atoms with van der Waals surface area (Å²) < 4.78 is 5.53. The first-order valence-electron chi connectivity index (χ1n) is 13.2. The van der Waals surface area contributed by atoms with Crippen molar-refractivity contribution in [2.75, 3.05) is 13.6 Å². The number of nitrogens with one attached hydrogen (secondary N) is 1. The molecule has 7 nitrogen and oxygen atoms in total. The monoisotopic (exact) mass is 515 g/mol. The second-order valence-corrected chi connectivity index (χ2v) is 11.0. The van der Waals surface area contributed by atoms with Crippen LogP contribution < -0.4 is 5.32 Å². The highest BCUT2D eigenvalue weighted by Crippen LogP contribution is 2.22. The fourth-order valence-electron chi connectivity index (χ4n) is 4.85. The maximum atomic E-state index is 13.7. The van der Waals surface area contributed by atoms with Crippen LogP contribution in [0.25, 0.3) is 10.8 Å². The van der Waals surface area contributed by atoms with Crippen LogP contribution in [0.4, 0.5) is 4.79 Å². The molecule has 7 heteroatoms. The molecule has 0 saturated carbocycles. The van der Waals surface area contributed by atoms with Crippen LogP contribution in [-0.4, -0.2) is 59.0 Å². The van der Waals surface area contributed by atoms with Crippen LogP contribution in [0, 0.1) is 0 Å². The van der Waals surface area contributed by atoms with Crippen LogP contribution in [0.3, 0.4) is 0 Å². The number of nitrogens with zero attached hydrogens (tertiary/aromatic N) is 2. The van der Waals surface area contributed by atoms with Gasteiger partial charge in [-0.25, -0.2) is 4.79 Å². The van der Waals surface area contributed by atoms with Gasteiger partial charge in [0.05, 0.1) is 0 Å². The minimum absolute atomic E-state index is 0.183. The summed E-state index contributed by atoms with van der Waals surface area (Å²) in [6.07, 6.45) is 1.07. The van der Waals surface area contributed by atoms with E-state index < -0.39 is 23.8 Å². The van der Waals surface area contributed by atoms with Crippen molar-refractivity contribution in [2.24, 2.45) is 0 Å². The topological polar surface area (TPSA) is 79.0 Å². The molecule has 3 aromatic carbocycles. The highest BCUT2D eigenvalue weighted by molar-refractivity contribution is 5.92. The summed E-state index contributed by atoms with van der Waals surface area (Å²) in [7, 11) is 1.75. The van der Waals surface area contributed by atoms with E-state index >= 15 is 0 Å². The van der Waals surface area contributed by atoms with Gasteiger partial charge in [-0.15, -0.1) is 0 Å². The molecule has 38 heavy (non-hydrogen) atoms. The number of fused-ring (bicyclic) bond motifs is 1. The Labute approximate surface area is 224 Å². The van der Waals surface area contributed by atoms with Gasteiger partial charge in [-0.3, -0.25) is 14.5 Å². The quantitative estimate of drug-likeness (QED) is 0.484. The zero-order valence-corrected chi connectivity index (χ0v) is 22.6. The molecule has 0 unspecified atom stereocenters. The van der Waals surface area contributed by atoms with Gasteiger partial charge in [0, 0.05) is 26.6 Å². The summed E-state index contributed by atoms with van der Waals surface area (Å²) in [5, 5.41) is 5.18. The smallest absolute Gasteiger partial charge is 0.410 e. The van der Waals surface area contributed by atoms with Crippen molar-refractivity contribution < 1.29 is 19.1 Å². The molecule has 2 atom stereocenters. The Morgan fingerprint density at radius 3 is 2.37 bits per heavy atom. The number of carbonyl (C=O) groups is 3. The van der Waals surface area contributed by atoms with E-state index in [-0.39, 0.29) is 11.8 Å². The number of likely N-dealkylation sites (tertiary alicyclic amines) is 1. The van der Waals surface area contributed by atoms with Gasteiger partial charge in [0.1, 0.15) is 17.7 Å². The van der Waals surface area contributed by atoms with Gasteiger partial charge in [-0.2, -0.15) is 0 Å². The number of rotatable bonds is 7. The minimum Gasteiger partial charge on any atom is -0.444 e. The molecule has 0 aromatic heterocycles. The van der Waals surface area contributed by atoms with E-state index in [2.05, 4.69) is 11.4 Å². The molecule has 0 bridgehead atoms. The molecule has 3 aromatic rings. The molecule has 1 heterocycles. The minimum atomic E-state index is -0.779. The Hall–Kier alpha value is -3.87. The first-order chi connectivity index (χ1) is 18.1. The SMILES string of the molecule is CN(Cc1ccccc1)C(=O)[C@H](Cc1ccc2ccccc2c1)NC(=O)[C@H]1CCCN1C(=O)OC(C)(C)C. The number of ether oxygens (including phenoxy) is 1. The Kier molecular flexibility index (Phi) is 8.35. The van der Waals surface area contributed by atoms with Gasteiger partial charge in [0.2, 0.25) is 11.8 Å². The lowest BCUT2D eigenvalue weighted by atomic mass is 10.00. The van der Waals surface area contributed by atoms with Gasteiger partial charge < -0.3 is 15.0 Å². The maximum absolute atomic E-state index is 13.7. The van der Waals surface area contributed by atoms with E-state index in [4.69, 9.17) is 4.74 Å². The normalized spacial score (nSPS) is 16.2. The van der Waals surface area contributed by atoms with Crippen LogP contribution in [0.5, 0.6) is 0 Å². The van der Waals surface area contributed by atoms with Crippen LogP contribution in [0.2, 0.25) is 0 Å². The molecule has 3 amide bonds. The van der Waals surface area contributed by atoms with E-state index in [1.54, 1.807) is 32.7 Å². The summed E-state index contributed by atoms with van der Waals surface area (Å²) in [5.41, 5.74) is 1.30. The fourth-order valence-corrected chi connectivity index (χ4v) is 4.85. The van der Waals surface area contributed by atoms with Crippen LogP contribution in [-0.2, 0) is 27.3 Å². The summed E-state index contributed by atoms with van der Waals surface area (Å²) in [5.74, 6) is -0.516. The predicted molar refractivity (Wildman–Crippen MR) is 148 cm³/mol. The molecule has 1 aliphatic rings. The van der Waals surface area contributed by atoms with Crippen molar-refractivity contribution in [1.82, 2.24) is 15.1 Å². The summed E-state index contributed by atoms with van der Waals surface area (Å²) in [6, 6.07) is 22.4. The second-order valence-electron chi connectivity index (χ2n) is 11.0. The molecule has 0 spiro atoms. The highest BCUT2D eigenvalue weighted by Gasteiger charge is 2.38. The predicted octanol–water partition coefficient (Wildman–Crippen LogP) is 4.93. The zero-order valence-electron chi connectivity index (χ0n) is 22.6. The fraction of sp³-hybridized carbons (Fsp3) is 0.387. The lowest BCUT2D eigenvalue weighted by Gasteiger charge is -2.30. The Morgan fingerprint density at radius 1 is 0.974 bits per heavy atom. The molecule has 4 rings (SSSR count). The summed E-state index contributed by atoms with van der Waals surface area (Å²) in [4.78, 5) is 43.1. The highest BCUT2D eigenvalue weighted by atomic mass is 16.6. The lowest BCUT2D eigenvalue weighted by Crippen LogP contribution is -2.54. The van der Waals surface area contributed by atoms with Crippen molar-refractivity contribution in [3.63, 3.8) is 0 Å². The molecule has 0 radical (unpaired) electrons. The van der Waals surface area contributed by atoms with Gasteiger partial charge in [-0.1, -0.05) is 72.8 Å². The van der Waals surface area contributed by atoms with Gasteiger partial charge >= 0.3 is 6.09 Å². The van der Waals surface area contributed by atoms with Crippen molar-refractivity contribution in [3.05, 3.63) is 83.9 Å². The molecular weight excluding hydrogens is 478 g/mol. The third-order valence-electron chi connectivity index (χ3n) is 6.69. The van der Waals surface area contributed by atoms with Crippen LogP contribution >= 0.6 is 0 Å². The Balaban J connectivity index is 1.54. The number of benzene rings is 3.